The topological polar surface area (TPSA) is 67.2 Å². The molecule has 0 bridgehead atoms. The molecule has 1 aromatic rings. The number of oxazole rings is 1. The van der Waals surface area contributed by atoms with Gasteiger partial charge in [-0.25, -0.2) is 9.78 Å². The van der Waals surface area contributed by atoms with Crippen molar-refractivity contribution in [3.05, 3.63) is 17.8 Å². The predicted molar refractivity (Wildman–Crippen MR) is 68.0 cm³/mol. The lowest BCUT2D eigenvalue weighted by atomic mass is 9.87. The summed E-state index contributed by atoms with van der Waals surface area (Å²) in [6, 6.07) is 0.197. The summed E-state index contributed by atoms with van der Waals surface area (Å²) in [5, 5.41) is 5.81. The average molecular weight is 251 g/mol. The van der Waals surface area contributed by atoms with E-state index in [2.05, 4.69) is 22.5 Å². The zero-order valence-corrected chi connectivity index (χ0v) is 11.0. The van der Waals surface area contributed by atoms with Gasteiger partial charge in [0.1, 0.15) is 5.76 Å². The van der Waals surface area contributed by atoms with Crippen molar-refractivity contribution < 1.29 is 9.21 Å². The normalized spacial score (nSPS) is 23.7. The van der Waals surface area contributed by atoms with Crippen molar-refractivity contribution in [2.24, 2.45) is 5.92 Å². The Bertz CT molecular complexity index is 395. The summed E-state index contributed by atoms with van der Waals surface area (Å²) >= 11 is 0. The third-order valence-electron chi connectivity index (χ3n) is 3.61. The van der Waals surface area contributed by atoms with Gasteiger partial charge in [0, 0.05) is 6.04 Å². The molecule has 2 N–H and O–H groups in total. The first kappa shape index (κ1) is 12.9. The second-order valence-electron chi connectivity index (χ2n) is 5.14. The quantitative estimate of drug-likeness (QED) is 0.866. The van der Waals surface area contributed by atoms with Crippen molar-refractivity contribution >= 4 is 6.03 Å². The molecular weight excluding hydrogens is 230 g/mol. The first-order chi connectivity index (χ1) is 8.65. The molecule has 0 aromatic carbocycles. The van der Waals surface area contributed by atoms with E-state index in [1.165, 1.54) is 19.2 Å². The molecule has 0 unspecified atom stereocenters. The number of hydrogen-bond acceptors (Lipinski definition) is 3. The van der Waals surface area contributed by atoms with Gasteiger partial charge in [-0.15, -0.1) is 0 Å². The number of aromatic nitrogens is 1. The van der Waals surface area contributed by atoms with Gasteiger partial charge >= 0.3 is 6.03 Å². The Balaban J connectivity index is 1.71. The van der Waals surface area contributed by atoms with E-state index < -0.39 is 0 Å². The van der Waals surface area contributed by atoms with E-state index in [-0.39, 0.29) is 6.03 Å². The van der Waals surface area contributed by atoms with E-state index in [0.29, 0.717) is 18.3 Å². The summed E-state index contributed by atoms with van der Waals surface area (Å²) in [5.41, 5.74) is 0.821. The first-order valence-electron chi connectivity index (χ1n) is 6.58. The molecule has 2 rings (SSSR count). The van der Waals surface area contributed by atoms with Crippen molar-refractivity contribution in [2.45, 2.75) is 52.1 Å². The van der Waals surface area contributed by atoms with E-state index in [1.807, 2.05) is 6.92 Å². The summed E-state index contributed by atoms with van der Waals surface area (Å²) in [4.78, 5) is 15.7. The van der Waals surface area contributed by atoms with Gasteiger partial charge in [0.05, 0.1) is 12.2 Å². The number of hydrogen-bond donors (Lipinski definition) is 2. The van der Waals surface area contributed by atoms with Crippen LogP contribution in [0.2, 0.25) is 0 Å². The molecule has 1 heterocycles. The molecule has 18 heavy (non-hydrogen) atoms. The smallest absolute Gasteiger partial charge is 0.315 e. The van der Waals surface area contributed by atoms with Gasteiger partial charge in [0.2, 0.25) is 0 Å². The van der Waals surface area contributed by atoms with Crippen LogP contribution >= 0.6 is 0 Å². The summed E-state index contributed by atoms with van der Waals surface area (Å²) < 4.78 is 5.17. The average Bonchev–Trinajstić information content (AvgIpc) is 2.75. The Morgan fingerprint density at radius 3 is 2.78 bits per heavy atom. The van der Waals surface area contributed by atoms with E-state index in [4.69, 9.17) is 4.42 Å². The summed E-state index contributed by atoms with van der Waals surface area (Å²) in [6.07, 6.45) is 5.96. The van der Waals surface area contributed by atoms with Crippen molar-refractivity contribution in [1.82, 2.24) is 15.6 Å². The molecular formula is C13H21N3O2. The third-order valence-corrected chi connectivity index (χ3v) is 3.61. The highest BCUT2D eigenvalue weighted by molar-refractivity contribution is 5.74. The Kier molecular flexibility index (Phi) is 4.23. The largest absolute Gasteiger partial charge is 0.446 e. The summed E-state index contributed by atoms with van der Waals surface area (Å²) in [6.45, 7) is 4.52. The summed E-state index contributed by atoms with van der Waals surface area (Å²) in [7, 11) is 0. The minimum atomic E-state index is -0.120. The zero-order chi connectivity index (χ0) is 13.0. The Morgan fingerprint density at radius 2 is 2.17 bits per heavy atom. The van der Waals surface area contributed by atoms with Gasteiger partial charge in [0.25, 0.3) is 0 Å². The van der Waals surface area contributed by atoms with E-state index in [0.717, 1.165) is 24.5 Å². The molecule has 1 aliphatic rings. The van der Waals surface area contributed by atoms with Gasteiger partial charge in [-0.3, -0.25) is 0 Å². The van der Waals surface area contributed by atoms with Gasteiger partial charge < -0.3 is 15.1 Å². The highest BCUT2D eigenvalue weighted by Crippen LogP contribution is 2.23. The zero-order valence-electron chi connectivity index (χ0n) is 11.0. The van der Waals surface area contributed by atoms with Crippen LogP contribution in [0.4, 0.5) is 4.79 Å². The highest BCUT2D eigenvalue weighted by Gasteiger charge is 2.19. The number of aryl methyl sites for hydroxylation is 1. The lowest BCUT2D eigenvalue weighted by Gasteiger charge is -2.26. The number of rotatable bonds is 3. The van der Waals surface area contributed by atoms with Crippen LogP contribution in [-0.4, -0.2) is 17.1 Å². The van der Waals surface area contributed by atoms with Crippen molar-refractivity contribution in [2.75, 3.05) is 0 Å². The van der Waals surface area contributed by atoms with E-state index in [9.17, 15) is 4.79 Å². The molecule has 0 radical (unpaired) electrons. The van der Waals surface area contributed by atoms with Crippen LogP contribution in [0, 0.1) is 12.8 Å². The van der Waals surface area contributed by atoms with E-state index in [1.54, 1.807) is 0 Å². The fraction of sp³-hybridized carbons (Fsp3) is 0.692. The van der Waals surface area contributed by atoms with Crippen molar-refractivity contribution in [3.8, 4) is 0 Å². The molecule has 0 saturated heterocycles. The maximum atomic E-state index is 11.7. The number of nitrogens with zero attached hydrogens (tertiary/aromatic N) is 1. The Labute approximate surface area is 107 Å². The van der Waals surface area contributed by atoms with Crippen LogP contribution < -0.4 is 10.6 Å². The Hall–Kier alpha value is -1.52. The number of carbonyl (C=O) groups is 1. The molecule has 2 amide bonds. The van der Waals surface area contributed by atoms with Crippen molar-refractivity contribution in [3.63, 3.8) is 0 Å². The molecule has 5 nitrogen and oxygen atoms in total. The number of carbonyl (C=O) groups excluding carboxylic acids is 1. The van der Waals surface area contributed by atoms with Gasteiger partial charge in [-0.2, -0.15) is 0 Å². The number of amides is 2. The first-order valence-corrected chi connectivity index (χ1v) is 6.58. The second kappa shape index (κ2) is 5.89. The third kappa shape index (κ3) is 3.48. The van der Waals surface area contributed by atoms with Crippen LogP contribution in [0.1, 0.15) is 44.1 Å². The fourth-order valence-electron chi connectivity index (χ4n) is 2.30. The molecule has 0 spiro atoms. The predicted octanol–water partition coefficient (Wildman–Crippen LogP) is 2.36. The van der Waals surface area contributed by atoms with Gasteiger partial charge in [0.15, 0.2) is 6.39 Å². The van der Waals surface area contributed by atoms with Crippen LogP contribution in [0.25, 0.3) is 0 Å². The lowest BCUT2D eigenvalue weighted by molar-refractivity contribution is 0.227. The van der Waals surface area contributed by atoms with Crippen LogP contribution in [0.15, 0.2) is 10.8 Å². The number of nitrogens with one attached hydrogen (secondary N) is 2. The summed E-state index contributed by atoms with van der Waals surface area (Å²) in [5.74, 6) is 1.50. The molecule has 1 saturated carbocycles. The SMILES string of the molecule is Cc1ncoc1CNC(=O)NC1CCC(C)CC1. The molecule has 100 valence electrons. The Morgan fingerprint density at radius 1 is 1.44 bits per heavy atom. The van der Waals surface area contributed by atoms with Gasteiger partial charge in [-0.1, -0.05) is 6.92 Å². The van der Waals surface area contributed by atoms with Crippen LogP contribution in [0.3, 0.4) is 0 Å². The lowest BCUT2D eigenvalue weighted by Crippen LogP contribution is -2.43. The number of urea groups is 1. The van der Waals surface area contributed by atoms with Gasteiger partial charge in [-0.05, 0) is 38.5 Å². The minimum Gasteiger partial charge on any atom is -0.446 e. The molecule has 0 atom stereocenters. The maximum Gasteiger partial charge on any atom is 0.315 e. The molecule has 0 aliphatic heterocycles. The fourth-order valence-corrected chi connectivity index (χ4v) is 2.30. The van der Waals surface area contributed by atoms with Crippen molar-refractivity contribution in [1.29, 1.82) is 0 Å². The molecule has 1 fully saturated rings. The van der Waals surface area contributed by atoms with Crippen LogP contribution in [0.5, 0.6) is 0 Å². The standard InChI is InChI=1S/C13H21N3O2/c1-9-3-5-11(6-4-9)16-13(17)14-7-12-10(2)15-8-18-12/h8-9,11H,3-7H2,1-2H3,(H2,14,16,17). The maximum absolute atomic E-state index is 11.7. The van der Waals surface area contributed by atoms with E-state index >= 15 is 0 Å². The van der Waals surface area contributed by atoms with Crippen LogP contribution in [-0.2, 0) is 6.54 Å². The minimum absolute atomic E-state index is 0.120. The molecule has 5 heteroatoms. The molecule has 1 aromatic heterocycles. The second-order valence-corrected chi connectivity index (χ2v) is 5.14. The molecule has 1 aliphatic carbocycles. The monoisotopic (exact) mass is 251 g/mol. The highest BCUT2D eigenvalue weighted by atomic mass is 16.3.